The summed E-state index contributed by atoms with van der Waals surface area (Å²) >= 11 is 0. The van der Waals surface area contributed by atoms with Crippen LogP contribution < -0.4 is 15.4 Å². The van der Waals surface area contributed by atoms with E-state index in [4.69, 9.17) is 0 Å². The molecule has 7 nitrogen and oxygen atoms in total. The SMILES string of the molecule is Cc1cccc(NS(=O)(=O)c2ccc3c(c2)NC(=O)[C@@H](C)C(=O)N3)c1. The third-order valence-corrected chi connectivity index (χ3v) is 5.25. The molecule has 0 bridgehead atoms. The van der Waals surface area contributed by atoms with E-state index in [1.165, 1.54) is 25.1 Å². The average Bonchev–Trinajstić information content (AvgIpc) is 2.64. The van der Waals surface area contributed by atoms with Crippen LogP contribution in [0.15, 0.2) is 47.4 Å². The molecule has 0 saturated carbocycles. The Morgan fingerprint density at radius 1 is 0.960 bits per heavy atom. The number of anilines is 3. The van der Waals surface area contributed by atoms with Gasteiger partial charge >= 0.3 is 0 Å². The summed E-state index contributed by atoms with van der Waals surface area (Å²) in [5, 5.41) is 5.17. The van der Waals surface area contributed by atoms with Crippen molar-refractivity contribution in [2.45, 2.75) is 18.7 Å². The molecular formula is C17H17N3O4S. The topological polar surface area (TPSA) is 104 Å². The highest BCUT2D eigenvalue weighted by Crippen LogP contribution is 2.29. The average molecular weight is 359 g/mol. The van der Waals surface area contributed by atoms with E-state index in [1.807, 2.05) is 13.0 Å². The molecule has 2 aromatic carbocycles. The minimum atomic E-state index is -3.83. The smallest absolute Gasteiger partial charge is 0.261 e. The maximum atomic E-state index is 12.6. The van der Waals surface area contributed by atoms with Crippen molar-refractivity contribution in [2.75, 3.05) is 15.4 Å². The molecule has 3 rings (SSSR count). The van der Waals surface area contributed by atoms with Gasteiger partial charge in [0.15, 0.2) is 0 Å². The summed E-state index contributed by atoms with van der Waals surface area (Å²) in [5.74, 6) is -1.79. The molecule has 2 amide bonds. The van der Waals surface area contributed by atoms with Gasteiger partial charge in [-0.1, -0.05) is 12.1 Å². The van der Waals surface area contributed by atoms with Gasteiger partial charge in [-0.15, -0.1) is 0 Å². The van der Waals surface area contributed by atoms with Crippen LogP contribution >= 0.6 is 0 Å². The van der Waals surface area contributed by atoms with E-state index in [1.54, 1.807) is 18.2 Å². The first-order valence-corrected chi connectivity index (χ1v) is 9.10. The lowest BCUT2D eigenvalue weighted by Crippen LogP contribution is -2.28. The van der Waals surface area contributed by atoms with E-state index in [0.717, 1.165) is 5.56 Å². The Balaban J connectivity index is 1.95. The zero-order valence-electron chi connectivity index (χ0n) is 13.7. The summed E-state index contributed by atoms with van der Waals surface area (Å²) < 4.78 is 27.7. The van der Waals surface area contributed by atoms with Crippen LogP contribution in [-0.4, -0.2) is 20.2 Å². The van der Waals surface area contributed by atoms with Gasteiger partial charge in [0.05, 0.1) is 16.3 Å². The first-order valence-electron chi connectivity index (χ1n) is 7.61. The second kappa shape index (κ2) is 6.21. The molecule has 0 aromatic heterocycles. The molecule has 0 spiro atoms. The van der Waals surface area contributed by atoms with Crippen molar-refractivity contribution >= 4 is 38.9 Å². The van der Waals surface area contributed by atoms with Crippen LogP contribution in [0.1, 0.15) is 12.5 Å². The Hall–Kier alpha value is -2.87. The van der Waals surface area contributed by atoms with Crippen molar-refractivity contribution in [2.24, 2.45) is 5.92 Å². The van der Waals surface area contributed by atoms with Crippen LogP contribution in [0.2, 0.25) is 0 Å². The molecule has 0 radical (unpaired) electrons. The minimum Gasteiger partial charge on any atom is -0.324 e. The third-order valence-electron chi connectivity index (χ3n) is 3.87. The lowest BCUT2D eigenvalue weighted by molar-refractivity contribution is -0.128. The van der Waals surface area contributed by atoms with E-state index in [-0.39, 0.29) is 10.6 Å². The largest absolute Gasteiger partial charge is 0.324 e. The Morgan fingerprint density at radius 3 is 2.32 bits per heavy atom. The van der Waals surface area contributed by atoms with E-state index in [2.05, 4.69) is 15.4 Å². The van der Waals surface area contributed by atoms with Crippen molar-refractivity contribution in [3.63, 3.8) is 0 Å². The van der Waals surface area contributed by atoms with Crippen molar-refractivity contribution in [3.05, 3.63) is 48.0 Å². The monoisotopic (exact) mass is 359 g/mol. The zero-order chi connectivity index (χ0) is 18.2. The first kappa shape index (κ1) is 17.0. The first-order chi connectivity index (χ1) is 11.8. The van der Waals surface area contributed by atoms with Crippen LogP contribution in [0, 0.1) is 12.8 Å². The van der Waals surface area contributed by atoms with E-state index < -0.39 is 27.8 Å². The van der Waals surface area contributed by atoms with Crippen LogP contribution in [0.5, 0.6) is 0 Å². The van der Waals surface area contributed by atoms with Gasteiger partial charge in [-0.2, -0.15) is 0 Å². The highest BCUT2D eigenvalue weighted by atomic mass is 32.2. The molecule has 0 saturated heterocycles. The molecule has 1 heterocycles. The highest BCUT2D eigenvalue weighted by Gasteiger charge is 2.27. The van der Waals surface area contributed by atoms with Gasteiger partial charge in [-0.05, 0) is 49.7 Å². The number of hydrogen-bond acceptors (Lipinski definition) is 4. The number of sulfonamides is 1. The number of fused-ring (bicyclic) bond motifs is 1. The summed E-state index contributed by atoms with van der Waals surface area (Å²) in [7, 11) is -3.83. The fraction of sp³-hybridized carbons (Fsp3) is 0.176. The van der Waals surface area contributed by atoms with Gasteiger partial charge in [0, 0.05) is 5.69 Å². The predicted molar refractivity (Wildman–Crippen MR) is 94.9 cm³/mol. The van der Waals surface area contributed by atoms with Crippen LogP contribution in [0.3, 0.4) is 0 Å². The van der Waals surface area contributed by atoms with Crippen molar-refractivity contribution in [3.8, 4) is 0 Å². The van der Waals surface area contributed by atoms with Crippen molar-refractivity contribution in [1.29, 1.82) is 0 Å². The van der Waals surface area contributed by atoms with Gasteiger partial charge in [-0.3, -0.25) is 14.3 Å². The Labute approximate surface area is 145 Å². The Bertz CT molecular complexity index is 970. The number of amides is 2. The van der Waals surface area contributed by atoms with Crippen molar-refractivity contribution in [1.82, 2.24) is 0 Å². The number of benzene rings is 2. The fourth-order valence-electron chi connectivity index (χ4n) is 2.43. The molecule has 2 aromatic rings. The molecule has 0 aliphatic carbocycles. The maximum absolute atomic E-state index is 12.6. The lowest BCUT2D eigenvalue weighted by Gasteiger charge is -2.12. The van der Waals surface area contributed by atoms with Gasteiger partial charge < -0.3 is 10.6 Å². The summed E-state index contributed by atoms with van der Waals surface area (Å²) in [6.07, 6.45) is 0. The summed E-state index contributed by atoms with van der Waals surface area (Å²) in [6, 6.07) is 11.1. The second-order valence-corrected chi connectivity index (χ2v) is 7.56. The molecule has 1 atom stereocenters. The predicted octanol–water partition coefficient (Wildman–Crippen LogP) is 2.32. The second-order valence-electron chi connectivity index (χ2n) is 5.88. The van der Waals surface area contributed by atoms with Gasteiger partial charge in [0.1, 0.15) is 5.92 Å². The van der Waals surface area contributed by atoms with E-state index >= 15 is 0 Å². The standard InChI is InChI=1S/C17H17N3O4S/c1-10-4-3-5-12(8-10)20-25(23,24)13-6-7-14-15(9-13)19-17(22)11(2)16(21)18-14/h3-9,11,20H,1-2H3,(H,18,21)(H,19,22)/t11-/m0/s1. The maximum Gasteiger partial charge on any atom is 0.261 e. The minimum absolute atomic E-state index is 0.0168. The number of nitrogens with one attached hydrogen (secondary N) is 3. The van der Waals surface area contributed by atoms with E-state index in [0.29, 0.717) is 11.4 Å². The molecule has 0 unspecified atom stereocenters. The van der Waals surface area contributed by atoms with Crippen LogP contribution in [0.25, 0.3) is 0 Å². The number of rotatable bonds is 3. The van der Waals surface area contributed by atoms with Crippen LogP contribution in [0.4, 0.5) is 17.1 Å². The molecule has 3 N–H and O–H groups in total. The Kier molecular flexibility index (Phi) is 4.22. The summed E-state index contributed by atoms with van der Waals surface area (Å²) in [6.45, 7) is 3.34. The lowest BCUT2D eigenvalue weighted by atomic mass is 10.1. The number of hydrogen-bond donors (Lipinski definition) is 3. The molecule has 1 aliphatic heterocycles. The van der Waals surface area contributed by atoms with E-state index in [9.17, 15) is 18.0 Å². The highest BCUT2D eigenvalue weighted by molar-refractivity contribution is 7.92. The molecule has 0 fully saturated rings. The molecule has 1 aliphatic rings. The summed E-state index contributed by atoms with van der Waals surface area (Å²) in [4.78, 5) is 23.8. The van der Waals surface area contributed by atoms with Crippen molar-refractivity contribution < 1.29 is 18.0 Å². The fourth-order valence-corrected chi connectivity index (χ4v) is 3.50. The Morgan fingerprint density at radius 2 is 1.64 bits per heavy atom. The molecule has 8 heteroatoms. The molecule has 130 valence electrons. The summed E-state index contributed by atoms with van der Waals surface area (Å²) in [5.41, 5.74) is 1.97. The number of carbonyl (C=O) groups is 2. The van der Waals surface area contributed by atoms with Crippen LogP contribution in [-0.2, 0) is 19.6 Å². The normalized spacial score (nSPS) is 17.1. The number of aryl methyl sites for hydroxylation is 1. The zero-order valence-corrected chi connectivity index (χ0v) is 14.5. The third kappa shape index (κ3) is 3.48. The van der Waals surface area contributed by atoms with Gasteiger partial charge in [0.25, 0.3) is 10.0 Å². The molecular weight excluding hydrogens is 342 g/mol. The quantitative estimate of drug-likeness (QED) is 0.732. The van der Waals surface area contributed by atoms with Gasteiger partial charge in [0.2, 0.25) is 11.8 Å². The molecule has 25 heavy (non-hydrogen) atoms. The van der Waals surface area contributed by atoms with Gasteiger partial charge in [-0.25, -0.2) is 8.42 Å². The number of carbonyl (C=O) groups excluding carboxylic acids is 2.